The average Bonchev–Trinajstić information content (AvgIpc) is 3.50. The Hall–Kier alpha value is -1.99. The van der Waals surface area contributed by atoms with E-state index in [2.05, 4.69) is 41.5 Å². The smallest absolute Gasteiger partial charge is 0.229 e. The van der Waals surface area contributed by atoms with Crippen molar-refractivity contribution in [2.75, 3.05) is 11.2 Å². The van der Waals surface area contributed by atoms with Gasteiger partial charge in [0.1, 0.15) is 5.01 Å². The molecule has 1 aromatic heterocycles. The molecule has 6 nitrogen and oxygen atoms in total. The number of aromatic nitrogens is 2. The van der Waals surface area contributed by atoms with E-state index in [0.717, 1.165) is 17.8 Å². The second kappa shape index (κ2) is 11.4. The van der Waals surface area contributed by atoms with Crippen LogP contribution < -0.4 is 5.32 Å². The Morgan fingerprint density at radius 1 is 1.12 bits per heavy atom. The maximum Gasteiger partial charge on any atom is 0.229 e. The molecular weight excluding hydrogens is 456 g/mol. The van der Waals surface area contributed by atoms with Gasteiger partial charge in [0, 0.05) is 35.2 Å². The quantitative estimate of drug-likeness (QED) is 0.490. The van der Waals surface area contributed by atoms with E-state index in [4.69, 9.17) is 11.6 Å². The summed E-state index contributed by atoms with van der Waals surface area (Å²) in [6, 6.07) is 10.4. The Balaban J connectivity index is 0.000000234. The minimum Gasteiger partial charge on any atom is -0.335 e. The van der Waals surface area contributed by atoms with Gasteiger partial charge in [-0.1, -0.05) is 76.3 Å². The maximum atomic E-state index is 12.3. The molecule has 0 bridgehead atoms. The van der Waals surface area contributed by atoms with Crippen LogP contribution in [-0.4, -0.2) is 38.8 Å². The number of carbonyl (C=O) groups is 2. The molecule has 2 aromatic rings. The monoisotopic (exact) mass is 492 g/mol. The van der Waals surface area contributed by atoms with Crippen molar-refractivity contribution in [3.63, 3.8) is 0 Å². The zero-order valence-electron chi connectivity index (χ0n) is 20.8. The van der Waals surface area contributed by atoms with Crippen LogP contribution in [0.4, 0.5) is 5.13 Å². The first kappa shape index (κ1) is 27.3. The van der Waals surface area contributed by atoms with Crippen LogP contribution in [0.3, 0.4) is 0 Å². The van der Waals surface area contributed by atoms with E-state index >= 15 is 0 Å². The molecule has 0 spiro atoms. The summed E-state index contributed by atoms with van der Waals surface area (Å²) in [5.41, 5.74) is 0.666. The summed E-state index contributed by atoms with van der Waals surface area (Å²) >= 11 is 7.25. The van der Waals surface area contributed by atoms with Crippen molar-refractivity contribution in [2.45, 2.75) is 79.3 Å². The highest BCUT2D eigenvalue weighted by molar-refractivity contribution is 7.15. The van der Waals surface area contributed by atoms with Gasteiger partial charge in [-0.05, 0) is 32.3 Å². The molecule has 0 atom stereocenters. The lowest BCUT2D eigenvalue weighted by Crippen LogP contribution is -2.43. The van der Waals surface area contributed by atoms with Gasteiger partial charge < -0.3 is 10.2 Å². The molecule has 1 aliphatic carbocycles. The standard InChI is InChI=1S/C15H23NO.C10H14ClN3OS/c1-12(2)16(14(17)15(3,4)5)11-13-9-7-6-8-10-13;1-10(2,5-11)8-13-14-9(16-8)12-7(15)6-3-4-6/h6-10,12H,11H2,1-5H3;6H,3-5H2,1-2H3,(H,12,14,15). The fraction of sp³-hybridized carbons (Fsp3) is 0.600. The van der Waals surface area contributed by atoms with Gasteiger partial charge in [0.25, 0.3) is 0 Å². The molecule has 2 amide bonds. The highest BCUT2D eigenvalue weighted by Crippen LogP contribution is 2.33. The minimum absolute atomic E-state index is 0.0615. The SMILES string of the molecule is CC(C)(CCl)c1nnc(NC(=O)C2CC2)s1.CC(C)N(Cc1ccccc1)C(=O)C(C)(C)C. The van der Waals surface area contributed by atoms with Crippen molar-refractivity contribution in [2.24, 2.45) is 11.3 Å². The first-order chi connectivity index (χ1) is 15.3. The molecule has 0 saturated heterocycles. The van der Waals surface area contributed by atoms with E-state index in [9.17, 15) is 9.59 Å². The minimum atomic E-state index is -0.320. The van der Waals surface area contributed by atoms with Gasteiger partial charge in [0.05, 0.1) is 0 Å². The van der Waals surface area contributed by atoms with Gasteiger partial charge in [0.15, 0.2) is 0 Å². The normalized spacial score (nSPS) is 13.8. The maximum absolute atomic E-state index is 12.3. The number of carbonyl (C=O) groups excluding carboxylic acids is 2. The molecule has 1 aliphatic rings. The topological polar surface area (TPSA) is 75.2 Å². The predicted molar refractivity (Wildman–Crippen MR) is 137 cm³/mol. The van der Waals surface area contributed by atoms with E-state index in [0.29, 0.717) is 17.6 Å². The van der Waals surface area contributed by atoms with Crippen molar-refractivity contribution in [3.05, 3.63) is 40.9 Å². The third-order valence-electron chi connectivity index (χ3n) is 5.24. The molecule has 8 heteroatoms. The average molecular weight is 493 g/mol. The van der Waals surface area contributed by atoms with Crippen LogP contribution in [0.15, 0.2) is 30.3 Å². The summed E-state index contributed by atoms with van der Waals surface area (Å²) < 4.78 is 0. The third kappa shape index (κ3) is 8.38. The lowest BCUT2D eigenvalue weighted by molar-refractivity contribution is -0.142. The van der Waals surface area contributed by atoms with Crippen LogP contribution in [-0.2, 0) is 21.5 Å². The number of nitrogens with one attached hydrogen (secondary N) is 1. The summed E-state index contributed by atoms with van der Waals surface area (Å²) in [5.74, 6) is 0.939. The van der Waals surface area contributed by atoms with Crippen molar-refractivity contribution in [3.8, 4) is 0 Å². The zero-order valence-corrected chi connectivity index (χ0v) is 22.4. The molecule has 182 valence electrons. The Morgan fingerprint density at radius 2 is 1.73 bits per heavy atom. The van der Waals surface area contributed by atoms with E-state index in [1.165, 1.54) is 16.9 Å². The van der Waals surface area contributed by atoms with Gasteiger partial charge in [-0.2, -0.15) is 0 Å². The molecule has 3 rings (SSSR count). The first-order valence-corrected chi connectivity index (χ1v) is 12.8. The summed E-state index contributed by atoms with van der Waals surface area (Å²) in [5, 5.41) is 12.2. The van der Waals surface area contributed by atoms with E-state index < -0.39 is 0 Å². The van der Waals surface area contributed by atoms with Crippen LogP contribution in [0.1, 0.15) is 71.9 Å². The van der Waals surface area contributed by atoms with Gasteiger partial charge in [0.2, 0.25) is 16.9 Å². The third-order valence-corrected chi connectivity index (χ3v) is 7.11. The Kier molecular flexibility index (Phi) is 9.44. The number of halogens is 1. The second-order valence-electron chi connectivity index (χ2n) is 10.5. The van der Waals surface area contributed by atoms with Crippen LogP contribution in [0.2, 0.25) is 0 Å². The number of rotatable bonds is 7. The summed E-state index contributed by atoms with van der Waals surface area (Å²) in [4.78, 5) is 25.8. The summed E-state index contributed by atoms with van der Waals surface area (Å²) in [6.07, 6.45) is 1.98. The second-order valence-corrected chi connectivity index (χ2v) is 11.7. The predicted octanol–water partition coefficient (Wildman–Crippen LogP) is 5.87. The van der Waals surface area contributed by atoms with E-state index in [-0.39, 0.29) is 34.6 Å². The lowest BCUT2D eigenvalue weighted by atomic mass is 9.93. The number of alkyl halides is 1. The van der Waals surface area contributed by atoms with Crippen LogP contribution in [0.5, 0.6) is 0 Å². The van der Waals surface area contributed by atoms with Crippen LogP contribution in [0, 0.1) is 11.3 Å². The molecule has 0 radical (unpaired) electrons. The zero-order chi connectivity index (χ0) is 24.8. The van der Waals surface area contributed by atoms with Gasteiger partial charge in [-0.15, -0.1) is 21.8 Å². The Morgan fingerprint density at radius 3 is 2.21 bits per heavy atom. The highest BCUT2D eigenvalue weighted by Gasteiger charge is 2.31. The largest absolute Gasteiger partial charge is 0.335 e. The highest BCUT2D eigenvalue weighted by atomic mass is 35.5. The molecule has 0 unspecified atom stereocenters. The molecule has 33 heavy (non-hydrogen) atoms. The van der Waals surface area contributed by atoms with Gasteiger partial charge in [-0.25, -0.2) is 0 Å². The number of benzene rings is 1. The molecule has 1 heterocycles. The first-order valence-electron chi connectivity index (χ1n) is 11.4. The van der Waals surface area contributed by atoms with E-state index in [1.807, 2.05) is 57.7 Å². The lowest BCUT2D eigenvalue weighted by Gasteiger charge is -2.32. The number of hydrogen-bond donors (Lipinski definition) is 1. The molecule has 1 N–H and O–H groups in total. The summed E-state index contributed by atoms with van der Waals surface area (Å²) in [7, 11) is 0. The molecule has 1 fully saturated rings. The molecule has 0 aliphatic heterocycles. The summed E-state index contributed by atoms with van der Waals surface area (Å²) in [6.45, 7) is 14.7. The van der Waals surface area contributed by atoms with Crippen molar-refractivity contribution in [1.29, 1.82) is 0 Å². The Bertz CT molecular complexity index is 918. The van der Waals surface area contributed by atoms with E-state index in [1.54, 1.807) is 0 Å². The number of hydrogen-bond acceptors (Lipinski definition) is 5. The molecule has 1 aromatic carbocycles. The number of nitrogens with zero attached hydrogens (tertiary/aromatic N) is 3. The number of amides is 2. The van der Waals surface area contributed by atoms with Gasteiger partial charge in [-0.3, -0.25) is 9.59 Å². The van der Waals surface area contributed by atoms with Crippen molar-refractivity contribution in [1.82, 2.24) is 15.1 Å². The van der Waals surface area contributed by atoms with Crippen molar-refractivity contribution >= 4 is 39.9 Å². The van der Waals surface area contributed by atoms with Crippen molar-refractivity contribution < 1.29 is 9.59 Å². The number of anilines is 1. The van der Waals surface area contributed by atoms with Crippen LogP contribution >= 0.6 is 22.9 Å². The van der Waals surface area contributed by atoms with Gasteiger partial charge >= 0.3 is 0 Å². The Labute approximate surface area is 207 Å². The molecule has 1 saturated carbocycles. The fourth-order valence-electron chi connectivity index (χ4n) is 2.86. The fourth-order valence-corrected chi connectivity index (χ4v) is 3.91. The van der Waals surface area contributed by atoms with Crippen LogP contribution in [0.25, 0.3) is 0 Å². The molecular formula is C25H37ClN4O2S.